The van der Waals surface area contributed by atoms with Crippen LogP contribution >= 0.6 is 15.9 Å². The maximum atomic E-state index is 5.21. The number of rotatable bonds is 5. The number of aryl methyl sites for hydroxylation is 1. The van der Waals surface area contributed by atoms with Crippen molar-refractivity contribution < 1.29 is 4.74 Å². The molecule has 4 nitrogen and oxygen atoms in total. The summed E-state index contributed by atoms with van der Waals surface area (Å²) in [6.45, 7) is 2.88. The van der Waals surface area contributed by atoms with E-state index in [4.69, 9.17) is 4.74 Å². The Kier molecular flexibility index (Phi) is 4.20. The summed E-state index contributed by atoms with van der Waals surface area (Å²) in [5.41, 5.74) is 0. The minimum atomic E-state index is 0.631. The lowest BCUT2D eigenvalue weighted by molar-refractivity contribution is 0.382. The predicted octanol–water partition coefficient (Wildman–Crippen LogP) is 2.55. The van der Waals surface area contributed by atoms with Crippen molar-refractivity contribution in [3.05, 3.63) is 11.9 Å². The highest BCUT2D eigenvalue weighted by Crippen LogP contribution is 2.29. The second-order valence-electron chi connectivity index (χ2n) is 4.28. The first kappa shape index (κ1) is 12.6. The van der Waals surface area contributed by atoms with E-state index in [1.165, 1.54) is 19.3 Å². The van der Waals surface area contributed by atoms with Gasteiger partial charge in [-0.15, -0.1) is 0 Å². The van der Waals surface area contributed by atoms with Crippen LogP contribution in [0.5, 0.6) is 5.88 Å². The number of hydrogen-bond donors (Lipinski definition) is 0. The molecule has 0 unspecified atom stereocenters. The molecule has 0 N–H and O–H groups in total. The number of anilines is 1. The monoisotopic (exact) mass is 299 g/mol. The van der Waals surface area contributed by atoms with Crippen LogP contribution in [0.25, 0.3) is 0 Å². The molecule has 1 saturated carbocycles. The van der Waals surface area contributed by atoms with Gasteiger partial charge in [0, 0.05) is 24.0 Å². The molecular weight excluding hydrogens is 282 g/mol. The van der Waals surface area contributed by atoms with E-state index in [1.807, 2.05) is 13.0 Å². The van der Waals surface area contributed by atoms with E-state index in [9.17, 15) is 0 Å². The predicted molar refractivity (Wildman–Crippen MR) is 72.1 cm³/mol. The number of hydrogen-bond acceptors (Lipinski definition) is 4. The van der Waals surface area contributed by atoms with E-state index < -0.39 is 0 Å². The summed E-state index contributed by atoms with van der Waals surface area (Å²) in [4.78, 5) is 11.1. The van der Waals surface area contributed by atoms with E-state index in [0.717, 1.165) is 23.5 Å². The molecular formula is C12H18BrN3O. The summed E-state index contributed by atoms with van der Waals surface area (Å²) in [6.07, 6.45) is 3.85. The summed E-state index contributed by atoms with van der Waals surface area (Å²) in [5, 5.41) is 0.953. The Morgan fingerprint density at radius 3 is 2.76 bits per heavy atom. The van der Waals surface area contributed by atoms with Crippen LogP contribution < -0.4 is 9.64 Å². The van der Waals surface area contributed by atoms with Gasteiger partial charge in [0.2, 0.25) is 5.88 Å². The molecule has 94 valence electrons. The third-order valence-corrected chi connectivity index (χ3v) is 3.50. The maximum absolute atomic E-state index is 5.21. The van der Waals surface area contributed by atoms with E-state index >= 15 is 0 Å². The highest BCUT2D eigenvalue weighted by Gasteiger charge is 2.26. The largest absolute Gasteiger partial charge is 0.481 e. The topological polar surface area (TPSA) is 38.2 Å². The minimum absolute atomic E-state index is 0.631. The minimum Gasteiger partial charge on any atom is -0.481 e. The summed E-state index contributed by atoms with van der Waals surface area (Å²) in [5.74, 6) is 2.39. The Labute approximate surface area is 111 Å². The van der Waals surface area contributed by atoms with Crippen molar-refractivity contribution in [2.75, 3.05) is 23.9 Å². The Bertz CT molecular complexity index is 382. The number of methoxy groups -OCH3 is 1. The summed E-state index contributed by atoms with van der Waals surface area (Å²) in [6, 6.07) is 2.56. The van der Waals surface area contributed by atoms with Crippen molar-refractivity contribution in [2.24, 2.45) is 0 Å². The smallest absolute Gasteiger partial charge is 0.218 e. The fourth-order valence-electron chi connectivity index (χ4n) is 2.05. The van der Waals surface area contributed by atoms with Crippen LogP contribution in [-0.4, -0.2) is 35.0 Å². The third kappa shape index (κ3) is 2.89. The van der Waals surface area contributed by atoms with E-state index in [1.54, 1.807) is 7.11 Å². The average molecular weight is 300 g/mol. The molecule has 0 radical (unpaired) electrons. The van der Waals surface area contributed by atoms with Gasteiger partial charge < -0.3 is 9.64 Å². The molecule has 1 heterocycles. The Balaban J connectivity index is 2.24. The van der Waals surface area contributed by atoms with Crippen molar-refractivity contribution in [1.82, 2.24) is 9.97 Å². The van der Waals surface area contributed by atoms with E-state index in [-0.39, 0.29) is 0 Å². The van der Waals surface area contributed by atoms with E-state index in [2.05, 4.69) is 30.8 Å². The molecule has 2 rings (SSSR count). The number of nitrogens with zero attached hydrogens (tertiary/aromatic N) is 3. The highest BCUT2D eigenvalue weighted by atomic mass is 79.9. The quantitative estimate of drug-likeness (QED) is 0.783. The molecule has 1 aliphatic carbocycles. The van der Waals surface area contributed by atoms with Gasteiger partial charge in [0.25, 0.3) is 0 Å². The molecule has 0 aromatic carbocycles. The van der Waals surface area contributed by atoms with Crippen molar-refractivity contribution in [1.29, 1.82) is 0 Å². The molecule has 0 spiro atoms. The molecule has 1 aromatic heterocycles. The fraction of sp³-hybridized carbons (Fsp3) is 0.667. The number of aromatic nitrogens is 2. The van der Waals surface area contributed by atoms with Crippen molar-refractivity contribution >= 4 is 21.7 Å². The van der Waals surface area contributed by atoms with Gasteiger partial charge in [0.15, 0.2) is 0 Å². The van der Waals surface area contributed by atoms with Crippen molar-refractivity contribution in [3.8, 4) is 5.88 Å². The molecule has 1 aromatic rings. The normalized spacial score (nSPS) is 15.5. The summed E-state index contributed by atoms with van der Waals surface area (Å²) in [7, 11) is 1.64. The molecule has 0 aliphatic heterocycles. The van der Waals surface area contributed by atoms with Crippen LogP contribution in [0, 0.1) is 6.92 Å². The van der Waals surface area contributed by atoms with Crippen molar-refractivity contribution in [2.45, 2.75) is 32.2 Å². The Morgan fingerprint density at radius 1 is 1.47 bits per heavy atom. The molecule has 0 atom stereocenters. The third-order valence-electron chi connectivity index (χ3n) is 3.15. The first-order chi connectivity index (χ1) is 8.24. The van der Waals surface area contributed by atoms with Crippen LogP contribution in [0.2, 0.25) is 0 Å². The summed E-state index contributed by atoms with van der Waals surface area (Å²) < 4.78 is 5.21. The lowest BCUT2D eigenvalue weighted by atomic mass is 9.91. The zero-order chi connectivity index (χ0) is 12.3. The number of halogens is 1. The SMILES string of the molecule is COc1cc(N(CCBr)C2CCC2)nc(C)n1. The number of ether oxygens (including phenoxy) is 1. The van der Waals surface area contributed by atoms with Gasteiger partial charge in [0.05, 0.1) is 7.11 Å². The van der Waals surface area contributed by atoms with Gasteiger partial charge in [-0.2, -0.15) is 4.98 Å². The molecule has 0 amide bonds. The molecule has 0 bridgehead atoms. The Morgan fingerprint density at radius 2 is 2.24 bits per heavy atom. The van der Waals surface area contributed by atoms with Gasteiger partial charge >= 0.3 is 0 Å². The lowest BCUT2D eigenvalue weighted by Crippen LogP contribution is -2.42. The second kappa shape index (κ2) is 5.67. The van der Waals surface area contributed by atoms with Crippen LogP contribution in [0.3, 0.4) is 0 Å². The van der Waals surface area contributed by atoms with Gasteiger partial charge in [-0.05, 0) is 26.2 Å². The molecule has 1 aliphatic rings. The lowest BCUT2D eigenvalue weighted by Gasteiger charge is -2.38. The molecule has 17 heavy (non-hydrogen) atoms. The number of alkyl halides is 1. The van der Waals surface area contributed by atoms with Crippen LogP contribution in [-0.2, 0) is 0 Å². The first-order valence-corrected chi connectivity index (χ1v) is 7.09. The highest BCUT2D eigenvalue weighted by molar-refractivity contribution is 9.09. The van der Waals surface area contributed by atoms with Gasteiger partial charge in [-0.25, -0.2) is 4.98 Å². The standard InChI is InChI=1S/C12H18BrN3O/c1-9-14-11(8-12(15-9)17-2)16(7-6-13)10-4-3-5-10/h8,10H,3-7H2,1-2H3. The zero-order valence-electron chi connectivity index (χ0n) is 10.3. The van der Waals surface area contributed by atoms with Gasteiger partial charge in [0.1, 0.15) is 11.6 Å². The van der Waals surface area contributed by atoms with E-state index in [0.29, 0.717) is 11.9 Å². The zero-order valence-corrected chi connectivity index (χ0v) is 11.9. The molecule has 5 heteroatoms. The van der Waals surface area contributed by atoms with Crippen LogP contribution in [0.4, 0.5) is 5.82 Å². The van der Waals surface area contributed by atoms with Gasteiger partial charge in [-0.1, -0.05) is 15.9 Å². The summed E-state index contributed by atoms with van der Waals surface area (Å²) >= 11 is 3.51. The molecule has 1 fully saturated rings. The van der Waals surface area contributed by atoms with Gasteiger partial charge in [-0.3, -0.25) is 0 Å². The molecule has 0 saturated heterocycles. The van der Waals surface area contributed by atoms with Crippen LogP contribution in [0.15, 0.2) is 6.07 Å². The Hall–Kier alpha value is -0.840. The van der Waals surface area contributed by atoms with Crippen LogP contribution in [0.1, 0.15) is 25.1 Å². The fourth-order valence-corrected chi connectivity index (χ4v) is 2.43. The first-order valence-electron chi connectivity index (χ1n) is 5.97. The van der Waals surface area contributed by atoms with Crippen molar-refractivity contribution in [3.63, 3.8) is 0 Å². The maximum Gasteiger partial charge on any atom is 0.218 e. The second-order valence-corrected chi connectivity index (χ2v) is 5.08. The average Bonchev–Trinajstić information content (AvgIpc) is 2.25.